The fraction of sp³-hybridized carbons (Fsp3) is 0.846. The summed E-state index contributed by atoms with van der Waals surface area (Å²) in [6.07, 6.45) is 4.77. The van der Waals surface area contributed by atoms with Crippen LogP contribution in [0.2, 0.25) is 0 Å². The van der Waals surface area contributed by atoms with Crippen LogP contribution in [0.4, 0.5) is 0 Å². The van der Waals surface area contributed by atoms with Crippen LogP contribution in [0.3, 0.4) is 0 Å². The molecule has 0 spiro atoms. The van der Waals surface area contributed by atoms with Crippen LogP contribution in [0.15, 0.2) is 0 Å². The van der Waals surface area contributed by atoms with E-state index in [2.05, 4.69) is 28.8 Å². The Kier molecular flexibility index (Phi) is 2.69. The van der Waals surface area contributed by atoms with E-state index in [9.17, 15) is 0 Å². The number of nitrogens with zero attached hydrogens (tertiary/aromatic N) is 3. The molecule has 0 amide bonds. The van der Waals surface area contributed by atoms with Crippen molar-refractivity contribution in [1.82, 2.24) is 15.0 Å². The standard InChI is InChI=1S/C13H22N4/c1-8(2)17-13-6-4-10-9(11(10)7-14)3-5-12(13)15-16-17/h8-11H,3-7,14H2,1-2H3/t9?,10?,11-/m0/s1. The second-order valence-corrected chi connectivity index (χ2v) is 5.83. The molecule has 1 aromatic rings. The first-order chi connectivity index (χ1) is 8.22. The highest BCUT2D eigenvalue weighted by Gasteiger charge is 2.48. The number of aromatic nitrogens is 3. The van der Waals surface area contributed by atoms with Gasteiger partial charge in [0.1, 0.15) is 0 Å². The molecule has 0 aliphatic heterocycles. The molecule has 2 unspecified atom stereocenters. The highest BCUT2D eigenvalue weighted by Crippen LogP contribution is 2.52. The zero-order valence-corrected chi connectivity index (χ0v) is 10.8. The molecule has 0 saturated heterocycles. The van der Waals surface area contributed by atoms with Gasteiger partial charge in [0.05, 0.1) is 11.4 Å². The van der Waals surface area contributed by atoms with Gasteiger partial charge in [-0.2, -0.15) is 0 Å². The summed E-state index contributed by atoms with van der Waals surface area (Å²) in [5.74, 6) is 2.54. The lowest BCUT2D eigenvalue weighted by Crippen LogP contribution is -2.10. The van der Waals surface area contributed by atoms with E-state index in [1.165, 1.54) is 24.2 Å². The van der Waals surface area contributed by atoms with Crippen LogP contribution in [0.5, 0.6) is 0 Å². The van der Waals surface area contributed by atoms with Gasteiger partial charge in [-0.1, -0.05) is 5.21 Å². The molecule has 4 nitrogen and oxygen atoms in total. The van der Waals surface area contributed by atoms with Gasteiger partial charge in [0.2, 0.25) is 0 Å². The summed E-state index contributed by atoms with van der Waals surface area (Å²) in [5, 5.41) is 8.67. The molecule has 1 saturated carbocycles. The summed E-state index contributed by atoms with van der Waals surface area (Å²) >= 11 is 0. The van der Waals surface area contributed by atoms with Gasteiger partial charge >= 0.3 is 0 Å². The Morgan fingerprint density at radius 3 is 2.65 bits per heavy atom. The molecule has 2 aliphatic carbocycles. The van der Waals surface area contributed by atoms with Crippen molar-refractivity contribution in [2.24, 2.45) is 23.5 Å². The smallest absolute Gasteiger partial charge is 0.0859 e. The van der Waals surface area contributed by atoms with Gasteiger partial charge in [0, 0.05) is 6.04 Å². The molecule has 0 aromatic carbocycles. The molecule has 3 atom stereocenters. The van der Waals surface area contributed by atoms with Crippen LogP contribution < -0.4 is 5.73 Å². The van der Waals surface area contributed by atoms with Crippen molar-refractivity contribution in [3.63, 3.8) is 0 Å². The Morgan fingerprint density at radius 2 is 2.00 bits per heavy atom. The zero-order chi connectivity index (χ0) is 12.0. The first-order valence-corrected chi connectivity index (χ1v) is 6.85. The van der Waals surface area contributed by atoms with E-state index in [4.69, 9.17) is 5.73 Å². The number of rotatable bonds is 2. The highest BCUT2D eigenvalue weighted by molar-refractivity contribution is 5.15. The molecule has 1 heterocycles. The van der Waals surface area contributed by atoms with E-state index in [0.717, 1.165) is 37.1 Å². The average molecular weight is 234 g/mol. The third kappa shape index (κ3) is 1.79. The van der Waals surface area contributed by atoms with E-state index in [1.807, 2.05) is 0 Å². The largest absolute Gasteiger partial charge is 0.330 e. The molecule has 0 bridgehead atoms. The van der Waals surface area contributed by atoms with Gasteiger partial charge in [0.15, 0.2) is 0 Å². The van der Waals surface area contributed by atoms with Crippen molar-refractivity contribution in [1.29, 1.82) is 0 Å². The molecule has 94 valence electrons. The number of hydrogen-bond acceptors (Lipinski definition) is 3. The molecule has 3 rings (SSSR count). The van der Waals surface area contributed by atoms with Crippen LogP contribution in [0.25, 0.3) is 0 Å². The summed E-state index contributed by atoms with van der Waals surface area (Å²) in [5.41, 5.74) is 8.43. The topological polar surface area (TPSA) is 56.7 Å². The molecule has 4 heteroatoms. The van der Waals surface area contributed by atoms with Gasteiger partial charge in [-0.3, -0.25) is 0 Å². The molecule has 17 heavy (non-hydrogen) atoms. The van der Waals surface area contributed by atoms with E-state index in [-0.39, 0.29) is 0 Å². The van der Waals surface area contributed by atoms with Crippen molar-refractivity contribution < 1.29 is 0 Å². The minimum atomic E-state index is 0.422. The Labute approximate surface area is 103 Å². The van der Waals surface area contributed by atoms with Gasteiger partial charge in [-0.15, -0.1) is 5.10 Å². The second kappa shape index (κ2) is 4.09. The molecule has 1 fully saturated rings. The van der Waals surface area contributed by atoms with Crippen LogP contribution in [0, 0.1) is 17.8 Å². The summed E-state index contributed by atoms with van der Waals surface area (Å²) in [4.78, 5) is 0. The summed E-state index contributed by atoms with van der Waals surface area (Å²) in [7, 11) is 0. The van der Waals surface area contributed by atoms with Crippen molar-refractivity contribution in [2.45, 2.75) is 45.6 Å². The number of fused-ring (bicyclic) bond motifs is 2. The van der Waals surface area contributed by atoms with Crippen molar-refractivity contribution >= 4 is 0 Å². The minimum Gasteiger partial charge on any atom is -0.330 e. The number of aryl methyl sites for hydroxylation is 1. The first kappa shape index (κ1) is 11.2. The Balaban J connectivity index is 1.81. The third-order valence-electron chi connectivity index (χ3n) is 4.57. The van der Waals surface area contributed by atoms with E-state index >= 15 is 0 Å². The Hall–Kier alpha value is -0.900. The van der Waals surface area contributed by atoms with Crippen molar-refractivity contribution in [3.8, 4) is 0 Å². The lowest BCUT2D eigenvalue weighted by atomic mass is 10.0. The Morgan fingerprint density at radius 1 is 1.29 bits per heavy atom. The summed E-state index contributed by atoms with van der Waals surface area (Å²) in [6.45, 7) is 5.22. The third-order valence-corrected chi connectivity index (χ3v) is 4.57. The van der Waals surface area contributed by atoms with E-state index < -0.39 is 0 Å². The summed E-state index contributed by atoms with van der Waals surface area (Å²) < 4.78 is 2.11. The van der Waals surface area contributed by atoms with Crippen LogP contribution in [-0.2, 0) is 12.8 Å². The molecular formula is C13H22N4. The fourth-order valence-electron chi connectivity index (χ4n) is 3.55. The minimum absolute atomic E-state index is 0.422. The maximum atomic E-state index is 5.82. The highest BCUT2D eigenvalue weighted by atomic mass is 15.4. The maximum absolute atomic E-state index is 5.82. The van der Waals surface area contributed by atoms with Gasteiger partial charge in [0.25, 0.3) is 0 Å². The maximum Gasteiger partial charge on any atom is 0.0859 e. The number of nitrogens with two attached hydrogens (primary N) is 1. The van der Waals surface area contributed by atoms with E-state index in [0.29, 0.717) is 6.04 Å². The summed E-state index contributed by atoms with van der Waals surface area (Å²) in [6, 6.07) is 0.422. The molecule has 2 aliphatic rings. The Bertz CT molecular complexity index is 410. The monoisotopic (exact) mass is 234 g/mol. The van der Waals surface area contributed by atoms with Gasteiger partial charge in [-0.25, -0.2) is 4.68 Å². The molecule has 0 radical (unpaired) electrons. The van der Waals surface area contributed by atoms with E-state index in [1.54, 1.807) is 0 Å². The van der Waals surface area contributed by atoms with Crippen LogP contribution >= 0.6 is 0 Å². The zero-order valence-electron chi connectivity index (χ0n) is 10.8. The van der Waals surface area contributed by atoms with Crippen molar-refractivity contribution in [2.75, 3.05) is 6.54 Å². The molecule has 2 N–H and O–H groups in total. The first-order valence-electron chi connectivity index (χ1n) is 6.85. The average Bonchev–Trinajstić information content (AvgIpc) is 2.78. The predicted molar refractivity (Wildman–Crippen MR) is 66.6 cm³/mol. The number of hydrogen-bond donors (Lipinski definition) is 1. The quantitative estimate of drug-likeness (QED) is 0.845. The molecule has 1 aromatic heterocycles. The van der Waals surface area contributed by atoms with Gasteiger partial charge < -0.3 is 5.73 Å². The van der Waals surface area contributed by atoms with Crippen molar-refractivity contribution in [3.05, 3.63) is 11.4 Å². The fourth-order valence-corrected chi connectivity index (χ4v) is 3.55. The SMILES string of the molecule is CC(C)n1nnc2c1CCC1C(CC2)[C@@H]1CN. The molecular weight excluding hydrogens is 212 g/mol. The lowest BCUT2D eigenvalue weighted by molar-refractivity contribution is 0.481. The normalized spacial score (nSPS) is 31.6. The van der Waals surface area contributed by atoms with Crippen LogP contribution in [-0.4, -0.2) is 21.5 Å². The lowest BCUT2D eigenvalue weighted by Gasteiger charge is -2.12. The van der Waals surface area contributed by atoms with Crippen LogP contribution in [0.1, 0.15) is 44.1 Å². The second-order valence-electron chi connectivity index (χ2n) is 5.83. The predicted octanol–water partition coefficient (Wildman–Crippen LogP) is 1.56. The van der Waals surface area contributed by atoms with Gasteiger partial charge in [-0.05, 0) is 63.8 Å².